The second kappa shape index (κ2) is 6.89. The van der Waals surface area contributed by atoms with Crippen LogP contribution in [0.15, 0.2) is 41.1 Å². The largest absolute Gasteiger partial charge is 0.450 e. The van der Waals surface area contributed by atoms with Crippen LogP contribution in [0.2, 0.25) is 0 Å². The number of carbonyl (C=O) groups excluding carboxylic acids is 2. The van der Waals surface area contributed by atoms with Gasteiger partial charge in [0, 0.05) is 0 Å². The molecular weight excluding hydrogens is 326 g/mol. The van der Waals surface area contributed by atoms with Crippen LogP contribution in [0.1, 0.15) is 17.3 Å². The zero-order valence-corrected chi connectivity index (χ0v) is 14.0. The Kier molecular flexibility index (Phi) is 4.66. The topological polar surface area (TPSA) is 103 Å². The van der Waals surface area contributed by atoms with Gasteiger partial charge < -0.3 is 10.5 Å². The molecule has 0 spiro atoms. The van der Waals surface area contributed by atoms with E-state index in [1.165, 1.54) is 11.0 Å². The van der Waals surface area contributed by atoms with Gasteiger partial charge in [-0.05, 0) is 23.6 Å². The number of rotatable bonds is 3. The average Bonchev–Trinajstić information content (AvgIpc) is 3.09. The van der Waals surface area contributed by atoms with Crippen LogP contribution in [0.5, 0.6) is 0 Å². The molecule has 2 heterocycles. The van der Waals surface area contributed by atoms with E-state index in [4.69, 9.17) is 15.0 Å². The second-order valence-electron chi connectivity index (χ2n) is 5.75. The molecule has 1 fully saturated rings. The van der Waals surface area contributed by atoms with E-state index in [1.54, 1.807) is 36.1 Å². The van der Waals surface area contributed by atoms with E-state index in [9.17, 15) is 9.59 Å². The van der Waals surface area contributed by atoms with Gasteiger partial charge in [-0.2, -0.15) is 0 Å². The second-order valence-corrected chi connectivity index (χ2v) is 5.75. The molecular formula is C16H21N5O4+2. The fraction of sp³-hybridized carbons (Fsp3) is 0.375. The Bertz CT molecular complexity index is 753. The van der Waals surface area contributed by atoms with Crippen molar-refractivity contribution in [2.45, 2.75) is 6.92 Å². The van der Waals surface area contributed by atoms with Crippen molar-refractivity contribution in [3.05, 3.63) is 42.1 Å². The molecule has 9 heteroatoms. The lowest BCUT2D eigenvalue weighted by atomic mass is 10.1. The summed E-state index contributed by atoms with van der Waals surface area (Å²) >= 11 is 0. The van der Waals surface area contributed by atoms with Crippen LogP contribution in [0.3, 0.4) is 0 Å². The smallest absolute Gasteiger partial charge is 0.410 e. The van der Waals surface area contributed by atoms with Crippen LogP contribution in [-0.2, 0) is 4.74 Å². The minimum Gasteiger partial charge on any atom is -0.450 e. The van der Waals surface area contributed by atoms with Crippen LogP contribution in [0.25, 0.3) is 0 Å². The number of nitrogen functional groups attached to an aromatic ring is 1. The summed E-state index contributed by atoms with van der Waals surface area (Å²) in [5.41, 5.74) is 6.20. The van der Waals surface area contributed by atoms with Gasteiger partial charge in [0.1, 0.15) is 4.79 Å². The molecule has 0 bridgehead atoms. The Labute approximate surface area is 144 Å². The highest BCUT2D eigenvalue weighted by Crippen LogP contribution is 2.14. The van der Waals surface area contributed by atoms with E-state index < -0.39 is 0 Å². The molecule has 0 aliphatic carbocycles. The highest BCUT2D eigenvalue weighted by atomic mass is 16.6. The monoisotopic (exact) mass is 347 g/mol. The Morgan fingerprint density at radius 2 is 2.00 bits per heavy atom. The van der Waals surface area contributed by atoms with Gasteiger partial charge in [0.05, 0.1) is 25.3 Å². The summed E-state index contributed by atoms with van der Waals surface area (Å²) in [5.74, 6) is -0.0198. The molecule has 2 aromatic rings. The molecule has 0 radical (unpaired) electrons. The average molecular weight is 347 g/mol. The van der Waals surface area contributed by atoms with Gasteiger partial charge in [-0.25, -0.2) is 9.59 Å². The Morgan fingerprint density at radius 1 is 1.32 bits per heavy atom. The molecule has 3 rings (SSSR count). The summed E-state index contributed by atoms with van der Waals surface area (Å²) < 4.78 is 9.87. The van der Waals surface area contributed by atoms with Crippen LogP contribution in [0.4, 0.5) is 10.7 Å². The number of hydrogen-bond donors (Lipinski definition) is 1. The first kappa shape index (κ1) is 16.9. The molecule has 2 N–H and O–H groups in total. The van der Waals surface area contributed by atoms with E-state index in [-0.39, 0.29) is 22.5 Å². The Balaban J connectivity index is 1.90. The molecule has 0 saturated carbocycles. The molecule has 9 nitrogen and oxygen atoms in total. The van der Waals surface area contributed by atoms with Crippen molar-refractivity contribution >= 4 is 17.9 Å². The fourth-order valence-corrected chi connectivity index (χ4v) is 2.95. The number of quaternary nitrogens is 1. The number of ether oxygens (including phenoxy) is 1. The first-order chi connectivity index (χ1) is 12.1. The van der Waals surface area contributed by atoms with E-state index in [0.29, 0.717) is 38.3 Å². The number of nitrogens with zero attached hydrogens (tertiary/aromatic N) is 4. The van der Waals surface area contributed by atoms with Crippen molar-refractivity contribution in [3.63, 3.8) is 0 Å². The number of hydrogen-bond acceptors (Lipinski definition) is 6. The molecule has 1 aromatic heterocycles. The lowest BCUT2D eigenvalue weighted by Crippen LogP contribution is -2.83. The molecule has 1 aliphatic heterocycles. The molecule has 25 heavy (non-hydrogen) atoms. The first-order valence-corrected chi connectivity index (χ1v) is 8.10. The van der Waals surface area contributed by atoms with Crippen molar-refractivity contribution in [3.8, 4) is 0 Å². The van der Waals surface area contributed by atoms with Gasteiger partial charge in [-0.1, -0.05) is 18.2 Å². The van der Waals surface area contributed by atoms with Crippen LogP contribution >= 0.6 is 0 Å². The third-order valence-corrected chi connectivity index (χ3v) is 4.27. The molecule has 132 valence electrons. The maximum Gasteiger partial charge on any atom is 0.410 e. The summed E-state index contributed by atoms with van der Waals surface area (Å²) in [6.07, 6.45) is 1.11. The zero-order chi connectivity index (χ0) is 17.9. The van der Waals surface area contributed by atoms with E-state index in [2.05, 4.69) is 5.27 Å². The molecule has 0 atom stereocenters. The van der Waals surface area contributed by atoms with Crippen LogP contribution in [0, 0.1) is 0 Å². The molecule has 1 aliphatic rings. The minimum atomic E-state index is -0.378. The molecule has 1 aromatic carbocycles. The van der Waals surface area contributed by atoms with Crippen molar-refractivity contribution in [1.82, 2.24) is 14.8 Å². The predicted octanol–water partition coefficient (Wildman–Crippen LogP) is 0.296. The van der Waals surface area contributed by atoms with Crippen molar-refractivity contribution in [1.29, 1.82) is 0 Å². The first-order valence-electron chi connectivity index (χ1n) is 8.10. The predicted molar refractivity (Wildman–Crippen MR) is 87.7 cm³/mol. The number of amides is 2. The van der Waals surface area contributed by atoms with Gasteiger partial charge in [-0.15, -0.1) is 0 Å². The number of benzene rings is 1. The van der Waals surface area contributed by atoms with Crippen molar-refractivity contribution in [2.75, 3.05) is 38.5 Å². The number of aromatic nitrogens is 2. The number of anilines is 1. The van der Waals surface area contributed by atoms with E-state index >= 15 is 0 Å². The van der Waals surface area contributed by atoms with Gasteiger partial charge in [0.2, 0.25) is 0 Å². The zero-order valence-electron chi connectivity index (χ0n) is 14.0. The lowest BCUT2D eigenvalue weighted by molar-refractivity contribution is -0.860. The third-order valence-electron chi connectivity index (χ3n) is 4.27. The van der Waals surface area contributed by atoms with Gasteiger partial charge in [0.15, 0.2) is 13.1 Å². The minimum absolute atomic E-state index is 0.117. The van der Waals surface area contributed by atoms with E-state index in [0.717, 1.165) is 0 Å². The fourth-order valence-electron chi connectivity index (χ4n) is 2.95. The maximum absolute atomic E-state index is 13.2. The Hall–Kier alpha value is -2.94. The van der Waals surface area contributed by atoms with Gasteiger partial charge in [0.25, 0.3) is 5.27 Å². The molecule has 1 saturated heterocycles. The number of nitrogens with two attached hydrogens (primary N) is 1. The highest BCUT2D eigenvalue weighted by Gasteiger charge is 2.53. The summed E-state index contributed by atoms with van der Waals surface area (Å²) in [7, 11) is 0. The normalized spacial score (nSPS) is 16.4. The van der Waals surface area contributed by atoms with Gasteiger partial charge in [-0.3, -0.25) is 9.42 Å². The highest BCUT2D eigenvalue weighted by molar-refractivity contribution is 5.97. The third kappa shape index (κ3) is 3.18. The lowest BCUT2D eigenvalue weighted by Gasteiger charge is -2.33. The summed E-state index contributed by atoms with van der Waals surface area (Å²) in [6.45, 7) is 3.46. The summed E-state index contributed by atoms with van der Waals surface area (Å²) in [5, 5.41) is 3.90. The van der Waals surface area contributed by atoms with Crippen molar-refractivity contribution in [2.24, 2.45) is 0 Å². The van der Waals surface area contributed by atoms with Crippen LogP contribution < -0.4 is 15.1 Å². The number of carbonyl (C=O) groups is 2. The van der Waals surface area contributed by atoms with E-state index in [1.807, 2.05) is 6.07 Å². The van der Waals surface area contributed by atoms with Gasteiger partial charge >= 0.3 is 24.1 Å². The molecule has 2 amide bonds. The SMILES string of the molecule is CCOC(=O)N1CC[N+](C(=O)c2ccccc2)([n+]2cc(N)on2)CC1. The maximum atomic E-state index is 13.2. The quantitative estimate of drug-likeness (QED) is 0.633. The number of piperazine rings is 1. The summed E-state index contributed by atoms with van der Waals surface area (Å²) in [4.78, 5) is 28.2. The molecule has 0 unspecified atom stereocenters. The Morgan fingerprint density at radius 3 is 2.56 bits per heavy atom. The standard InChI is InChI=1S/C16H21N5O4/c1-2-24-16(23)19-8-10-21(11-9-19,20-12-14(17)25-18-20)15(22)13-6-4-3-5-7-13/h3-7,12H,2,8-11,17H2,1H3/q+2. The summed E-state index contributed by atoms with van der Waals surface area (Å²) in [6, 6.07) is 8.97. The van der Waals surface area contributed by atoms with Crippen molar-refractivity contribution < 1.29 is 23.6 Å². The van der Waals surface area contributed by atoms with Crippen LogP contribution in [-0.4, -0.2) is 55.0 Å².